The molecule has 0 aliphatic heterocycles. The number of esters is 1. The second-order valence-electron chi connectivity index (χ2n) is 7.71. The quantitative estimate of drug-likeness (QED) is 0.417. The summed E-state index contributed by atoms with van der Waals surface area (Å²) in [6.07, 6.45) is 3.21. The maximum absolute atomic E-state index is 12.8. The molecule has 0 aliphatic rings. The predicted molar refractivity (Wildman–Crippen MR) is 130 cm³/mol. The summed E-state index contributed by atoms with van der Waals surface area (Å²) in [5.41, 5.74) is 1.49. The molecule has 9 nitrogen and oxygen atoms in total. The highest BCUT2D eigenvalue weighted by atomic mass is 32.2. The highest BCUT2D eigenvalue weighted by Crippen LogP contribution is 2.19. The number of benzene rings is 2. The molecule has 0 spiro atoms. The predicted octanol–water partition coefficient (Wildman–Crippen LogP) is 3.64. The zero-order chi connectivity index (χ0) is 25.7. The van der Waals surface area contributed by atoms with Gasteiger partial charge in [-0.05, 0) is 48.7 Å². The number of ether oxygens (including phenoxy) is 1. The van der Waals surface area contributed by atoms with Gasteiger partial charge in [0.05, 0.1) is 35.4 Å². The van der Waals surface area contributed by atoms with E-state index in [-0.39, 0.29) is 36.4 Å². The van der Waals surface area contributed by atoms with Crippen molar-refractivity contribution in [3.8, 4) is 12.1 Å². The maximum atomic E-state index is 12.8. The van der Waals surface area contributed by atoms with Crippen LogP contribution in [0.15, 0.2) is 53.4 Å². The SMILES string of the molecule is CCCCc1ccc(NS(=O)(=O)c2cccc(C(=O)OCC(=O)N(CCC#N)CCC#N)c2)cc1. The van der Waals surface area contributed by atoms with Crippen LogP contribution in [0.25, 0.3) is 0 Å². The molecular formula is C25H28N4O5S. The molecule has 0 unspecified atom stereocenters. The Morgan fingerprint density at radius 3 is 2.29 bits per heavy atom. The van der Waals surface area contributed by atoms with Gasteiger partial charge in [0.25, 0.3) is 15.9 Å². The molecule has 0 saturated heterocycles. The number of nitriles is 2. The van der Waals surface area contributed by atoms with E-state index in [0.717, 1.165) is 24.8 Å². The van der Waals surface area contributed by atoms with Gasteiger partial charge < -0.3 is 9.64 Å². The van der Waals surface area contributed by atoms with E-state index in [4.69, 9.17) is 15.3 Å². The van der Waals surface area contributed by atoms with E-state index >= 15 is 0 Å². The van der Waals surface area contributed by atoms with Crippen molar-refractivity contribution in [1.29, 1.82) is 10.5 Å². The first-order chi connectivity index (χ1) is 16.8. The fourth-order valence-corrected chi connectivity index (χ4v) is 4.26. The maximum Gasteiger partial charge on any atom is 0.338 e. The van der Waals surface area contributed by atoms with Crippen molar-refractivity contribution in [3.05, 3.63) is 59.7 Å². The first-order valence-corrected chi connectivity index (χ1v) is 12.7. The molecule has 0 radical (unpaired) electrons. The van der Waals surface area contributed by atoms with E-state index in [1.165, 1.54) is 29.2 Å². The Morgan fingerprint density at radius 2 is 1.69 bits per heavy atom. The highest BCUT2D eigenvalue weighted by molar-refractivity contribution is 7.92. The van der Waals surface area contributed by atoms with E-state index in [0.29, 0.717) is 5.69 Å². The van der Waals surface area contributed by atoms with Crippen LogP contribution in [0.2, 0.25) is 0 Å². The van der Waals surface area contributed by atoms with Gasteiger partial charge in [-0.1, -0.05) is 31.5 Å². The number of rotatable bonds is 13. The first kappa shape index (κ1) is 27.4. The molecule has 2 rings (SSSR count). The average Bonchev–Trinajstić information content (AvgIpc) is 2.86. The number of unbranched alkanes of at least 4 members (excludes halogenated alkanes) is 1. The second kappa shape index (κ2) is 13.7. The molecule has 184 valence electrons. The normalized spacial score (nSPS) is 10.6. The Bertz CT molecular complexity index is 1180. The molecule has 0 fully saturated rings. The van der Waals surface area contributed by atoms with Crippen LogP contribution in [-0.2, 0) is 26.0 Å². The Kier molecular flexibility index (Phi) is 10.7. The molecule has 0 atom stereocenters. The van der Waals surface area contributed by atoms with E-state index in [9.17, 15) is 18.0 Å². The van der Waals surface area contributed by atoms with E-state index < -0.39 is 28.5 Å². The lowest BCUT2D eigenvalue weighted by Gasteiger charge is -2.20. The van der Waals surface area contributed by atoms with Gasteiger partial charge in [-0.25, -0.2) is 13.2 Å². The van der Waals surface area contributed by atoms with Crippen molar-refractivity contribution >= 4 is 27.6 Å². The smallest absolute Gasteiger partial charge is 0.338 e. The third-order valence-corrected chi connectivity index (χ3v) is 6.45. The molecule has 2 aromatic carbocycles. The molecule has 1 N–H and O–H groups in total. The zero-order valence-corrected chi connectivity index (χ0v) is 20.4. The number of carbonyl (C=O) groups excluding carboxylic acids is 2. The summed E-state index contributed by atoms with van der Waals surface area (Å²) < 4.78 is 33.2. The molecule has 0 aliphatic carbocycles. The number of nitrogens with zero attached hydrogens (tertiary/aromatic N) is 3. The third-order valence-electron chi connectivity index (χ3n) is 5.07. The number of aryl methyl sites for hydroxylation is 1. The average molecular weight is 497 g/mol. The second-order valence-corrected chi connectivity index (χ2v) is 9.39. The van der Waals surface area contributed by atoms with Crippen molar-refractivity contribution in [2.24, 2.45) is 0 Å². The Labute approximate surface area is 206 Å². The van der Waals surface area contributed by atoms with Gasteiger partial charge in [0, 0.05) is 18.8 Å². The lowest BCUT2D eigenvalue weighted by Crippen LogP contribution is -2.36. The van der Waals surface area contributed by atoms with Crippen molar-refractivity contribution in [2.45, 2.75) is 43.9 Å². The summed E-state index contributed by atoms with van der Waals surface area (Å²) in [5.74, 6) is -1.41. The Morgan fingerprint density at radius 1 is 1.03 bits per heavy atom. The van der Waals surface area contributed by atoms with E-state index in [2.05, 4.69) is 11.6 Å². The Hall–Kier alpha value is -3.89. The van der Waals surface area contributed by atoms with Crippen LogP contribution in [0.4, 0.5) is 5.69 Å². The lowest BCUT2D eigenvalue weighted by molar-refractivity contribution is -0.134. The fraction of sp³-hybridized carbons (Fsp3) is 0.360. The minimum absolute atomic E-state index is 0.0313. The number of hydrogen-bond acceptors (Lipinski definition) is 7. The van der Waals surface area contributed by atoms with Gasteiger partial charge >= 0.3 is 5.97 Å². The van der Waals surface area contributed by atoms with Crippen molar-refractivity contribution in [1.82, 2.24) is 4.90 Å². The summed E-state index contributed by atoms with van der Waals surface area (Å²) in [6.45, 7) is 1.75. The monoisotopic (exact) mass is 496 g/mol. The number of sulfonamides is 1. The Balaban J connectivity index is 2.04. The van der Waals surface area contributed by atoms with Crippen LogP contribution < -0.4 is 4.72 Å². The number of carbonyl (C=O) groups is 2. The molecule has 35 heavy (non-hydrogen) atoms. The molecule has 10 heteroatoms. The fourth-order valence-electron chi connectivity index (χ4n) is 3.16. The number of amides is 1. The molecular weight excluding hydrogens is 468 g/mol. The third kappa shape index (κ3) is 8.76. The van der Waals surface area contributed by atoms with Crippen LogP contribution in [-0.4, -0.2) is 44.9 Å². The molecule has 0 aromatic heterocycles. The van der Waals surface area contributed by atoms with Crippen LogP contribution in [0.5, 0.6) is 0 Å². The topological polar surface area (TPSA) is 140 Å². The summed E-state index contributed by atoms with van der Waals surface area (Å²) in [6, 6.07) is 16.3. The van der Waals surface area contributed by atoms with Gasteiger partial charge in [-0.15, -0.1) is 0 Å². The molecule has 1 amide bonds. The lowest BCUT2D eigenvalue weighted by atomic mass is 10.1. The minimum atomic E-state index is -3.96. The van der Waals surface area contributed by atoms with E-state index in [1.54, 1.807) is 12.1 Å². The largest absolute Gasteiger partial charge is 0.452 e. The van der Waals surface area contributed by atoms with Gasteiger partial charge in [0.15, 0.2) is 6.61 Å². The number of nitrogens with one attached hydrogen (secondary N) is 1. The van der Waals surface area contributed by atoms with Gasteiger partial charge in [-0.2, -0.15) is 10.5 Å². The van der Waals surface area contributed by atoms with Crippen LogP contribution in [0.1, 0.15) is 48.5 Å². The van der Waals surface area contributed by atoms with Gasteiger partial charge in [-0.3, -0.25) is 9.52 Å². The summed E-state index contributed by atoms with van der Waals surface area (Å²) in [5, 5.41) is 17.4. The van der Waals surface area contributed by atoms with Crippen LogP contribution >= 0.6 is 0 Å². The van der Waals surface area contributed by atoms with Gasteiger partial charge in [0.1, 0.15) is 0 Å². The van der Waals surface area contributed by atoms with Crippen LogP contribution in [0, 0.1) is 22.7 Å². The number of anilines is 1. The first-order valence-electron chi connectivity index (χ1n) is 11.2. The summed E-state index contributed by atoms with van der Waals surface area (Å²) in [7, 11) is -3.96. The van der Waals surface area contributed by atoms with Crippen molar-refractivity contribution < 1.29 is 22.7 Å². The summed E-state index contributed by atoms with van der Waals surface area (Å²) >= 11 is 0. The highest BCUT2D eigenvalue weighted by Gasteiger charge is 2.19. The van der Waals surface area contributed by atoms with Crippen molar-refractivity contribution in [2.75, 3.05) is 24.4 Å². The van der Waals surface area contributed by atoms with Gasteiger partial charge in [0.2, 0.25) is 0 Å². The minimum Gasteiger partial charge on any atom is -0.452 e. The molecule has 0 heterocycles. The van der Waals surface area contributed by atoms with E-state index in [1.807, 2.05) is 24.3 Å². The number of hydrogen-bond donors (Lipinski definition) is 1. The molecule has 2 aromatic rings. The molecule has 0 saturated carbocycles. The zero-order valence-electron chi connectivity index (χ0n) is 19.6. The van der Waals surface area contributed by atoms with Crippen LogP contribution in [0.3, 0.4) is 0 Å². The summed E-state index contributed by atoms with van der Waals surface area (Å²) in [4.78, 5) is 25.9. The standard InChI is InChI=1S/C25H28N4O5S/c1-2-3-7-20-10-12-22(13-11-20)28-35(32,33)23-9-4-8-21(18-23)25(31)34-19-24(30)29(16-5-14-26)17-6-15-27/h4,8-13,18,28H,2-3,5-7,16-17,19H2,1H3. The molecule has 0 bridgehead atoms. The van der Waals surface area contributed by atoms with Crippen molar-refractivity contribution in [3.63, 3.8) is 0 Å².